The molecule has 0 heterocycles. The highest BCUT2D eigenvalue weighted by atomic mass is 35.5. The minimum atomic E-state index is -3.85. The lowest BCUT2D eigenvalue weighted by atomic mass is 10.0. The SMILES string of the molecule is COC(=O)CC(NC(=O)c1cc(S(=O)(=O)NC(C)C)ccc1Cl)c1ccc(F)cc1. The smallest absolute Gasteiger partial charge is 0.307 e. The van der Waals surface area contributed by atoms with E-state index in [1.165, 1.54) is 43.5 Å². The monoisotopic (exact) mass is 456 g/mol. The average Bonchev–Trinajstić information content (AvgIpc) is 2.67. The van der Waals surface area contributed by atoms with Crippen LogP contribution in [-0.4, -0.2) is 33.4 Å². The van der Waals surface area contributed by atoms with E-state index in [0.717, 1.165) is 6.07 Å². The van der Waals surface area contributed by atoms with Crippen molar-refractivity contribution in [3.63, 3.8) is 0 Å². The van der Waals surface area contributed by atoms with Crippen LogP contribution in [0.4, 0.5) is 4.39 Å². The molecule has 0 saturated carbocycles. The van der Waals surface area contributed by atoms with Crippen LogP contribution < -0.4 is 10.0 Å². The van der Waals surface area contributed by atoms with Gasteiger partial charge < -0.3 is 10.1 Å². The molecule has 0 aromatic heterocycles. The highest BCUT2D eigenvalue weighted by Gasteiger charge is 2.23. The van der Waals surface area contributed by atoms with Crippen LogP contribution in [-0.2, 0) is 19.6 Å². The summed E-state index contributed by atoms with van der Waals surface area (Å²) in [5, 5.41) is 2.67. The summed E-state index contributed by atoms with van der Waals surface area (Å²) in [5.41, 5.74) is 0.386. The Kier molecular flexibility index (Phi) is 7.94. The fourth-order valence-corrected chi connectivity index (χ4v) is 4.14. The first-order valence-corrected chi connectivity index (χ1v) is 10.8. The second-order valence-electron chi connectivity index (χ2n) is 6.78. The summed E-state index contributed by atoms with van der Waals surface area (Å²) >= 11 is 6.11. The summed E-state index contributed by atoms with van der Waals surface area (Å²) in [6.07, 6.45) is -0.210. The highest BCUT2D eigenvalue weighted by Crippen LogP contribution is 2.24. The predicted octanol–water partition coefficient (Wildman–Crippen LogP) is 3.20. The summed E-state index contributed by atoms with van der Waals surface area (Å²) in [6.45, 7) is 3.34. The van der Waals surface area contributed by atoms with Gasteiger partial charge in [0.1, 0.15) is 5.82 Å². The van der Waals surface area contributed by atoms with Gasteiger partial charge in [0, 0.05) is 6.04 Å². The van der Waals surface area contributed by atoms with Crippen LogP contribution in [0.1, 0.15) is 42.2 Å². The maximum absolute atomic E-state index is 13.2. The number of hydrogen-bond donors (Lipinski definition) is 2. The van der Waals surface area contributed by atoms with Crippen LogP contribution in [0.5, 0.6) is 0 Å². The molecular weight excluding hydrogens is 435 g/mol. The Morgan fingerprint density at radius 3 is 2.33 bits per heavy atom. The number of benzene rings is 2. The van der Waals surface area contributed by atoms with E-state index in [9.17, 15) is 22.4 Å². The summed E-state index contributed by atoms with van der Waals surface area (Å²) in [6, 6.07) is 7.82. The minimum Gasteiger partial charge on any atom is -0.469 e. The van der Waals surface area contributed by atoms with Crippen molar-refractivity contribution in [2.75, 3.05) is 7.11 Å². The predicted molar refractivity (Wildman–Crippen MR) is 110 cm³/mol. The molecule has 0 saturated heterocycles. The van der Waals surface area contributed by atoms with Crippen LogP contribution in [0.15, 0.2) is 47.4 Å². The maximum Gasteiger partial charge on any atom is 0.307 e. The van der Waals surface area contributed by atoms with Crippen molar-refractivity contribution in [3.8, 4) is 0 Å². The number of ether oxygens (including phenoxy) is 1. The van der Waals surface area contributed by atoms with Crippen molar-refractivity contribution < 1.29 is 27.1 Å². The third-order valence-electron chi connectivity index (χ3n) is 4.06. The van der Waals surface area contributed by atoms with Gasteiger partial charge >= 0.3 is 5.97 Å². The number of sulfonamides is 1. The first-order chi connectivity index (χ1) is 14.0. The van der Waals surface area contributed by atoms with Gasteiger partial charge in [-0.25, -0.2) is 17.5 Å². The quantitative estimate of drug-likeness (QED) is 0.594. The lowest BCUT2D eigenvalue weighted by molar-refractivity contribution is -0.141. The van der Waals surface area contributed by atoms with Gasteiger partial charge in [0.05, 0.1) is 35.1 Å². The Labute approximate surface area is 179 Å². The largest absolute Gasteiger partial charge is 0.469 e. The number of carbonyl (C=O) groups excluding carboxylic acids is 2. The number of nitrogens with one attached hydrogen (secondary N) is 2. The summed E-state index contributed by atoms with van der Waals surface area (Å²) in [5.74, 6) is -1.76. The lowest BCUT2D eigenvalue weighted by Gasteiger charge is -2.19. The van der Waals surface area contributed by atoms with Crippen molar-refractivity contribution >= 4 is 33.5 Å². The van der Waals surface area contributed by atoms with Gasteiger partial charge in [-0.2, -0.15) is 0 Å². The highest BCUT2D eigenvalue weighted by molar-refractivity contribution is 7.89. The first kappa shape index (κ1) is 23.8. The van der Waals surface area contributed by atoms with Gasteiger partial charge in [0.15, 0.2) is 0 Å². The van der Waals surface area contributed by atoms with Crippen LogP contribution >= 0.6 is 11.6 Å². The molecule has 1 atom stereocenters. The number of carbonyl (C=O) groups is 2. The standard InChI is InChI=1S/C20H22ClFN2O5S/c1-12(2)24-30(27,28)15-8-9-17(21)16(10-15)20(26)23-18(11-19(25)29-3)13-4-6-14(22)7-5-13/h4-10,12,18,24H,11H2,1-3H3,(H,23,26). The van der Waals surface area contributed by atoms with Gasteiger partial charge in [-0.15, -0.1) is 0 Å². The molecule has 10 heteroatoms. The molecule has 0 aliphatic heterocycles. The molecule has 0 aliphatic rings. The molecule has 30 heavy (non-hydrogen) atoms. The van der Waals surface area contributed by atoms with Crippen molar-refractivity contribution in [2.24, 2.45) is 0 Å². The zero-order valence-corrected chi connectivity index (χ0v) is 18.2. The molecule has 2 aromatic rings. The summed E-state index contributed by atoms with van der Waals surface area (Å²) in [4.78, 5) is 24.5. The van der Waals surface area contributed by atoms with Crippen molar-refractivity contribution in [2.45, 2.75) is 37.2 Å². The first-order valence-electron chi connectivity index (χ1n) is 8.98. The van der Waals surface area contributed by atoms with E-state index in [1.807, 2.05) is 0 Å². The van der Waals surface area contributed by atoms with E-state index >= 15 is 0 Å². The topological polar surface area (TPSA) is 102 Å². The number of hydrogen-bond acceptors (Lipinski definition) is 5. The normalized spacial score (nSPS) is 12.5. The van der Waals surface area contributed by atoms with Gasteiger partial charge in [0.25, 0.3) is 5.91 Å². The number of rotatable bonds is 8. The minimum absolute atomic E-state index is 0.0342. The van der Waals surface area contributed by atoms with Crippen molar-refractivity contribution in [1.29, 1.82) is 0 Å². The van der Waals surface area contributed by atoms with E-state index < -0.39 is 33.8 Å². The van der Waals surface area contributed by atoms with E-state index in [-0.39, 0.29) is 27.9 Å². The van der Waals surface area contributed by atoms with Gasteiger partial charge in [-0.1, -0.05) is 23.7 Å². The van der Waals surface area contributed by atoms with E-state index in [1.54, 1.807) is 13.8 Å². The van der Waals surface area contributed by atoms with Crippen LogP contribution in [0.25, 0.3) is 0 Å². The number of amides is 1. The fraction of sp³-hybridized carbons (Fsp3) is 0.300. The third kappa shape index (κ3) is 6.25. The fourth-order valence-electron chi connectivity index (χ4n) is 2.66. The third-order valence-corrected chi connectivity index (χ3v) is 6.05. The molecule has 162 valence electrons. The molecule has 0 spiro atoms. The molecule has 2 N–H and O–H groups in total. The Hall–Kier alpha value is -2.49. The molecule has 1 unspecified atom stereocenters. The second kappa shape index (κ2) is 10.0. The Morgan fingerprint density at radius 2 is 1.77 bits per heavy atom. The molecule has 0 radical (unpaired) electrons. The number of methoxy groups -OCH3 is 1. The molecular formula is C20H22ClFN2O5S. The van der Waals surface area contributed by atoms with Crippen LogP contribution in [0, 0.1) is 5.82 Å². The lowest BCUT2D eigenvalue weighted by Crippen LogP contribution is -2.32. The van der Waals surface area contributed by atoms with Gasteiger partial charge in [-0.3, -0.25) is 9.59 Å². The Bertz CT molecular complexity index is 1030. The molecule has 0 aliphatic carbocycles. The second-order valence-corrected chi connectivity index (χ2v) is 8.90. The number of esters is 1. The Morgan fingerprint density at radius 1 is 1.13 bits per heavy atom. The molecule has 2 aromatic carbocycles. The maximum atomic E-state index is 13.2. The molecule has 0 fully saturated rings. The molecule has 7 nitrogen and oxygen atoms in total. The van der Waals surface area contributed by atoms with E-state index in [2.05, 4.69) is 14.8 Å². The average molecular weight is 457 g/mol. The van der Waals surface area contributed by atoms with E-state index in [0.29, 0.717) is 5.56 Å². The van der Waals surface area contributed by atoms with Gasteiger partial charge in [-0.05, 0) is 49.7 Å². The summed E-state index contributed by atoms with van der Waals surface area (Å²) in [7, 11) is -2.64. The van der Waals surface area contributed by atoms with Crippen molar-refractivity contribution in [1.82, 2.24) is 10.0 Å². The van der Waals surface area contributed by atoms with Crippen LogP contribution in [0.3, 0.4) is 0 Å². The number of halogens is 2. The zero-order chi connectivity index (χ0) is 22.5. The van der Waals surface area contributed by atoms with Gasteiger partial charge in [0.2, 0.25) is 10.0 Å². The summed E-state index contributed by atoms with van der Waals surface area (Å²) < 4.78 is 45.1. The Balaban J connectivity index is 2.36. The molecule has 2 rings (SSSR count). The molecule has 0 bridgehead atoms. The zero-order valence-electron chi connectivity index (χ0n) is 16.6. The van der Waals surface area contributed by atoms with Crippen LogP contribution in [0.2, 0.25) is 5.02 Å². The van der Waals surface area contributed by atoms with Crippen molar-refractivity contribution in [3.05, 3.63) is 64.4 Å². The molecule has 1 amide bonds. The van der Waals surface area contributed by atoms with E-state index in [4.69, 9.17) is 11.6 Å².